The first kappa shape index (κ1) is 14.6. The first-order valence-electron chi connectivity index (χ1n) is 6.41. The maximum Gasteiger partial charge on any atom is 0.142 e. The van der Waals surface area contributed by atoms with Crippen LogP contribution in [-0.4, -0.2) is 12.7 Å². The van der Waals surface area contributed by atoms with E-state index in [1.807, 2.05) is 6.92 Å². The molecule has 0 aliphatic rings. The molecule has 0 amide bonds. The maximum atomic E-state index is 10.3. The molecule has 0 aromatic heterocycles. The summed E-state index contributed by atoms with van der Waals surface area (Å²) in [6, 6.07) is 0. The van der Waals surface area contributed by atoms with Crippen molar-refractivity contribution in [3.8, 4) is 0 Å². The van der Waals surface area contributed by atoms with E-state index in [0.29, 0.717) is 0 Å². The van der Waals surface area contributed by atoms with Crippen LogP contribution in [-0.2, 0) is 0 Å². The van der Waals surface area contributed by atoms with E-state index in [0.717, 1.165) is 19.4 Å². The van der Waals surface area contributed by atoms with Crippen molar-refractivity contribution in [2.75, 3.05) is 6.54 Å². The third-order valence-electron chi connectivity index (χ3n) is 2.67. The standard InChI is InChI=1S/C12H26N2O/c1-3-5-6-7-8-9-10-11-13-12(4-2)14-15/h12-13H,3-11H2,1-2H3. The molecule has 0 heterocycles. The van der Waals surface area contributed by atoms with Gasteiger partial charge in [0.25, 0.3) is 0 Å². The zero-order valence-corrected chi connectivity index (χ0v) is 10.3. The van der Waals surface area contributed by atoms with Gasteiger partial charge in [-0.15, -0.1) is 4.91 Å². The smallest absolute Gasteiger partial charge is 0.142 e. The van der Waals surface area contributed by atoms with Crippen molar-refractivity contribution >= 4 is 0 Å². The molecule has 0 aromatic carbocycles. The molecule has 3 heteroatoms. The van der Waals surface area contributed by atoms with Gasteiger partial charge in [-0.3, -0.25) is 5.32 Å². The molecule has 0 fully saturated rings. The quantitative estimate of drug-likeness (QED) is 0.419. The predicted molar refractivity (Wildman–Crippen MR) is 65.9 cm³/mol. The molecular weight excluding hydrogens is 188 g/mol. The van der Waals surface area contributed by atoms with Gasteiger partial charge in [0.05, 0.1) is 0 Å². The Bertz CT molecular complexity index is 140. The van der Waals surface area contributed by atoms with Gasteiger partial charge < -0.3 is 0 Å². The van der Waals surface area contributed by atoms with Crippen molar-refractivity contribution in [2.45, 2.75) is 71.4 Å². The van der Waals surface area contributed by atoms with Crippen LogP contribution in [0.5, 0.6) is 0 Å². The number of hydrogen-bond donors (Lipinski definition) is 1. The number of nitrogens with zero attached hydrogens (tertiary/aromatic N) is 1. The van der Waals surface area contributed by atoms with Crippen LogP contribution < -0.4 is 5.32 Å². The number of nitrogens with one attached hydrogen (secondary N) is 1. The molecule has 0 saturated carbocycles. The fraction of sp³-hybridized carbons (Fsp3) is 1.00. The fourth-order valence-electron chi connectivity index (χ4n) is 1.61. The summed E-state index contributed by atoms with van der Waals surface area (Å²) in [5.74, 6) is 0. The molecular formula is C12H26N2O. The topological polar surface area (TPSA) is 41.5 Å². The first-order chi connectivity index (χ1) is 7.35. The van der Waals surface area contributed by atoms with Crippen LogP contribution in [0.4, 0.5) is 0 Å². The molecule has 0 saturated heterocycles. The maximum absolute atomic E-state index is 10.3. The lowest BCUT2D eigenvalue weighted by atomic mass is 10.1. The summed E-state index contributed by atoms with van der Waals surface area (Å²) < 4.78 is 0. The zero-order chi connectivity index (χ0) is 11.4. The largest absolute Gasteiger partial charge is 0.293 e. The minimum atomic E-state index is -0.176. The van der Waals surface area contributed by atoms with Gasteiger partial charge in [0, 0.05) is 0 Å². The second kappa shape index (κ2) is 11.6. The lowest BCUT2D eigenvalue weighted by Crippen LogP contribution is -2.26. The molecule has 0 rings (SSSR count). The molecule has 0 radical (unpaired) electrons. The highest BCUT2D eigenvalue weighted by atomic mass is 16.3. The van der Waals surface area contributed by atoms with E-state index in [4.69, 9.17) is 0 Å². The van der Waals surface area contributed by atoms with Crippen molar-refractivity contribution in [2.24, 2.45) is 5.18 Å². The van der Waals surface area contributed by atoms with Crippen LogP contribution in [0.15, 0.2) is 5.18 Å². The normalized spacial score (nSPS) is 12.7. The number of nitroso groups, excluding NO2 is 1. The Balaban J connectivity index is 3.07. The molecule has 0 aliphatic carbocycles. The van der Waals surface area contributed by atoms with E-state index in [2.05, 4.69) is 17.4 Å². The number of rotatable bonds is 11. The van der Waals surface area contributed by atoms with Crippen LogP contribution in [0.1, 0.15) is 65.2 Å². The molecule has 3 nitrogen and oxygen atoms in total. The molecule has 15 heavy (non-hydrogen) atoms. The predicted octanol–water partition coefficient (Wildman–Crippen LogP) is 3.83. The highest BCUT2D eigenvalue weighted by Crippen LogP contribution is 2.06. The summed E-state index contributed by atoms with van der Waals surface area (Å²) >= 11 is 0. The number of hydrogen-bond acceptors (Lipinski definition) is 3. The van der Waals surface area contributed by atoms with E-state index in [1.54, 1.807) is 0 Å². The Morgan fingerprint density at radius 3 is 2.13 bits per heavy atom. The lowest BCUT2D eigenvalue weighted by molar-refractivity contribution is 0.488. The Kier molecular flexibility index (Phi) is 11.3. The fourth-order valence-corrected chi connectivity index (χ4v) is 1.61. The lowest BCUT2D eigenvalue weighted by Gasteiger charge is -2.08. The summed E-state index contributed by atoms with van der Waals surface area (Å²) in [7, 11) is 0. The van der Waals surface area contributed by atoms with E-state index in [-0.39, 0.29) is 6.17 Å². The van der Waals surface area contributed by atoms with Crippen molar-refractivity contribution in [1.82, 2.24) is 5.32 Å². The Morgan fingerprint density at radius 1 is 1.00 bits per heavy atom. The Morgan fingerprint density at radius 2 is 1.60 bits per heavy atom. The van der Waals surface area contributed by atoms with Crippen LogP contribution in [0.3, 0.4) is 0 Å². The van der Waals surface area contributed by atoms with E-state index in [9.17, 15) is 4.91 Å². The third-order valence-corrected chi connectivity index (χ3v) is 2.67. The summed E-state index contributed by atoms with van der Waals surface area (Å²) in [6.07, 6.45) is 9.78. The van der Waals surface area contributed by atoms with Gasteiger partial charge in [0.15, 0.2) is 0 Å². The molecule has 0 aliphatic heterocycles. The van der Waals surface area contributed by atoms with Crippen molar-refractivity contribution in [1.29, 1.82) is 0 Å². The Hall–Kier alpha value is -0.440. The van der Waals surface area contributed by atoms with Crippen LogP contribution in [0.2, 0.25) is 0 Å². The SMILES string of the molecule is CCCCCCCCCNC(CC)N=O. The van der Waals surface area contributed by atoms with Crippen molar-refractivity contribution in [3.63, 3.8) is 0 Å². The average molecular weight is 214 g/mol. The molecule has 1 unspecified atom stereocenters. The van der Waals surface area contributed by atoms with E-state index < -0.39 is 0 Å². The summed E-state index contributed by atoms with van der Waals surface area (Å²) in [5.41, 5.74) is 0. The summed E-state index contributed by atoms with van der Waals surface area (Å²) in [6.45, 7) is 5.14. The second-order valence-corrected chi connectivity index (χ2v) is 4.10. The van der Waals surface area contributed by atoms with Gasteiger partial charge in [-0.05, 0) is 19.4 Å². The minimum Gasteiger partial charge on any atom is -0.293 e. The molecule has 0 aromatic rings. The highest BCUT2D eigenvalue weighted by molar-refractivity contribution is 4.60. The molecule has 1 N–H and O–H groups in total. The van der Waals surface area contributed by atoms with Crippen LogP contribution in [0.25, 0.3) is 0 Å². The highest BCUT2D eigenvalue weighted by Gasteiger charge is 2.02. The van der Waals surface area contributed by atoms with Gasteiger partial charge in [-0.2, -0.15) is 0 Å². The van der Waals surface area contributed by atoms with Crippen molar-refractivity contribution < 1.29 is 0 Å². The molecule has 90 valence electrons. The van der Waals surface area contributed by atoms with Gasteiger partial charge in [0.1, 0.15) is 6.17 Å². The van der Waals surface area contributed by atoms with Crippen molar-refractivity contribution in [3.05, 3.63) is 4.91 Å². The monoisotopic (exact) mass is 214 g/mol. The van der Waals surface area contributed by atoms with E-state index >= 15 is 0 Å². The van der Waals surface area contributed by atoms with Crippen LogP contribution in [0, 0.1) is 4.91 Å². The second-order valence-electron chi connectivity index (χ2n) is 4.10. The summed E-state index contributed by atoms with van der Waals surface area (Å²) in [5, 5.41) is 6.15. The minimum absolute atomic E-state index is 0.176. The third kappa shape index (κ3) is 9.85. The zero-order valence-electron chi connectivity index (χ0n) is 10.3. The Labute approximate surface area is 94.0 Å². The number of unbranched alkanes of at least 4 members (excludes halogenated alkanes) is 6. The van der Waals surface area contributed by atoms with Gasteiger partial charge in [-0.1, -0.05) is 57.5 Å². The van der Waals surface area contributed by atoms with Crippen LogP contribution >= 0.6 is 0 Å². The van der Waals surface area contributed by atoms with E-state index in [1.165, 1.54) is 38.5 Å². The molecule has 1 atom stereocenters. The average Bonchev–Trinajstić information content (AvgIpc) is 2.27. The van der Waals surface area contributed by atoms with Gasteiger partial charge in [-0.25, -0.2) is 0 Å². The molecule has 0 bridgehead atoms. The first-order valence-corrected chi connectivity index (χ1v) is 6.41. The molecule has 0 spiro atoms. The van der Waals surface area contributed by atoms with Gasteiger partial charge in [0.2, 0.25) is 0 Å². The van der Waals surface area contributed by atoms with Gasteiger partial charge >= 0.3 is 0 Å². The summed E-state index contributed by atoms with van der Waals surface area (Å²) in [4.78, 5) is 10.3.